The lowest BCUT2D eigenvalue weighted by molar-refractivity contribution is -0.129. The molecule has 28 heavy (non-hydrogen) atoms. The van der Waals surface area contributed by atoms with Gasteiger partial charge in [-0.25, -0.2) is 4.68 Å². The third-order valence-electron chi connectivity index (χ3n) is 3.86. The fourth-order valence-electron chi connectivity index (χ4n) is 2.43. The largest absolute Gasteiger partial charge is 0.484 e. The number of aromatic nitrogens is 2. The van der Waals surface area contributed by atoms with E-state index in [-0.39, 0.29) is 18.9 Å². The van der Waals surface area contributed by atoms with Crippen LogP contribution in [0.15, 0.2) is 60.9 Å². The maximum absolute atomic E-state index is 12.0. The van der Waals surface area contributed by atoms with Crippen molar-refractivity contribution in [2.75, 3.05) is 6.61 Å². The lowest BCUT2D eigenvalue weighted by Gasteiger charge is -2.09. The zero-order chi connectivity index (χ0) is 19.9. The number of benzene rings is 2. The molecule has 0 saturated carbocycles. The molecule has 1 heterocycles. The van der Waals surface area contributed by atoms with Gasteiger partial charge in [0.15, 0.2) is 6.61 Å². The van der Waals surface area contributed by atoms with Gasteiger partial charge in [-0.15, -0.1) is 0 Å². The van der Waals surface area contributed by atoms with E-state index >= 15 is 0 Å². The van der Waals surface area contributed by atoms with Crippen LogP contribution < -0.4 is 15.6 Å². The molecule has 0 spiro atoms. The molecule has 2 N–H and O–H groups in total. The molecule has 0 atom stereocenters. The van der Waals surface area contributed by atoms with Crippen LogP contribution in [-0.4, -0.2) is 28.2 Å². The summed E-state index contributed by atoms with van der Waals surface area (Å²) in [7, 11) is 0. The minimum atomic E-state index is -0.471. The van der Waals surface area contributed by atoms with Crippen LogP contribution in [0.3, 0.4) is 0 Å². The number of para-hydroxylation sites is 1. The van der Waals surface area contributed by atoms with Crippen molar-refractivity contribution in [1.29, 1.82) is 0 Å². The first-order valence-electron chi connectivity index (χ1n) is 8.57. The number of carbonyl (C=O) groups is 2. The number of hydrogen-bond donors (Lipinski definition) is 2. The number of rotatable bonds is 6. The Balaban J connectivity index is 1.43. The molecule has 144 valence electrons. The first kappa shape index (κ1) is 19.4. The molecule has 2 aromatic carbocycles. The van der Waals surface area contributed by atoms with Crippen molar-refractivity contribution >= 4 is 23.4 Å². The number of ether oxygens (including phenoxy) is 1. The van der Waals surface area contributed by atoms with E-state index in [4.69, 9.17) is 16.3 Å². The summed E-state index contributed by atoms with van der Waals surface area (Å²) in [5, 5.41) is 4.86. The number of carbonyl (C=O) groups excluding carboxylic acids is 2. The van der Waals surface area contributed by atoms with Crippen LogP contribution in [0.2, 0.25) is 5.02 Å². The third-order valence-corrected chi connectivity index (χ3v) is 4.29. The van der Waals surface area contributed by atoms with Crippen molar-refractivity contribution in [3.05, 3.63) is 77.1 Å². The summed E-state index contributed by atoms with van der Waals surface area (Å²) >= 11 is 5.94. The second kappa shape index (κ2) is 9.05. The Labute approximate surface area is 167 Å². The molecular formula is C20H19ClN4O3. The molecule has 0 aliphatic carbocycles. The van der Waals surface area contributed by atoms with E-state index in [1.807, 2.05) is 37.3 Å². The second-order valence-electron chi connectivity index (χ2n) is 6.10. The fourth-order valence-corrected chi connectivity index (χ4v) is 2.55. The minimum Gasteiger partial charge on any atom is -0.484 e. The van der Waals surface area contributed by atoms with Gasteiger partial charge in [-0.2, -0.15) is 5.10 Å². The average Bonchev–Trinajstić information content (AvgIpc) is 3.16. The molecule has 0 unspecified atom stereocenters. The molecule has 7 nitrogen and oxygen atoms in total. The quantitative estimate of drug-likeness (QED) is 0.625. The highest BCUT2D eigenvalue weighted by atomic mass is 35.5. The van der Waals surface area contributed by atoms with Crippen LogP contribution >= 0.6 is 11.6 Å². The Morgan fingerprint density at radius 2 is 1.86 bits per heavy atom. The van der Waals surface area contributed by atoms with Crippen LogP contribution in [0.4, 0.5) is 0 Å². The van der Waals surface area contributed by atoms with E-state index in [9.17, 15) is 9.59 Å². The van der Waals surface area contributed by atoms with E-state index in [0.717, 1.165) is 16.8 Å². The van der Waals surface area contributed by atoms with Crippen molar-refractivity contribution in [3.63, 3.8) is 0 Å². The lowest BCUT2D eigenvalue weighted by Crippen LogP contribution is -2.44. The normalized spacial score (nSPS) is 10.4. The van der Waals surface area contributed by atoms with Crippen LogP contribution in [0.5, 0.6) is 5.75 Å². The molecule has 0 bridgehead atoms. The predicted molar refractivity (Wildman–Crippen MR) is 105 cm³/mol. The molecule has 0 fully saturated rings. The van der Waals surface area contributed by atoms with Gasteiger partial charge in [0.1, 0.15) is 5.75 Å². The van der Waals surface area contributed by atoms with Crippen LogP contribution in [0.1, 0.15) is 11.1 Å². The van der Waals surface area contributed by atoms with E-state index in [1.165, 1.54) is 0 Å². The maximum atomic E-state index is 12.0. The molecule has 0 saturated heterocycles. The van der Waals surface area contributed by atoms with Gasteiger partial charge in [-0.3, -0.25) is 20.4 Å². The number of hydrazine groups is 1. The Morgan fingerprint density at radius 3 is 2.61 bits per heavy atom. The Kier molecular flexibility index (Phi) is 6.29. The number of hydrogen-bond acceptors (Lipinski definition) is 4. The van der Waals surface area contributed by atoms with Crippen molar-refractivity contribution < 1.29 is 14.3 Å². The summed E-state index contributed by atoms with van der Waals surface area (Å²) in [6.07, 6.45) is 3.47. The van der Waals surface area contributed by atoms with Gasteiger partial charge < -0.3 is 4.74 Å². The molecule has 3 aromatic rings. The summed E-state index contributed by atoms with van der Waals surface area (Å²) in [4.78, 5) is 23.8. The monoisotopic (exact) mass is 398 g/mol. The molecule has 0 radical (unpaired) electrons. The smallest absolute Gasteiger partial charge is 0.276 e. The standard InChI is InChI=1S/C20H19ClN4O3/c1-14-9-17(7-8-18(14)21)28-13-20(27)24-23-19(26)10-15-11-22-25(12-15)16-5-3-2-4-6-16/h2-9,11-12H,10,13H2,1H3,(H,23,26)(H,24,27). The highest BCUT2D eigenvalue weighted by Crippen LogP contribution is 2.20. The Hall–Kier alpha value is -3.32. The van der Waals surface area contributed by atoms with Gasteiger partial charge in [0.2, 0.25) is 5.91 Å². The summed E-state index contributed by atoms with van der Waals surface area (Å²) in [5.41, 5.74) is 7.16. The van der Waals surface area contributed by atoms with Gasteiger partial charge in [0, 0.05) is 11.2 Å². The molecule has 0 aliphatic heterocycles. The van der Waals surface area contributed by atoms with E-state index in [2.05, 4.69) is 16.0 Å². The zero-order valence-electron chi connectivity index (χ0n) is 15.2. The Morgan fingerprint density at radius 1 is 1.11 bits per heavy atom. The number of aryl methyl sites for hydroxylation is 1. The minimum absolute atomic E-state index is 0.0876. The topological polar surface area (TPSA) is 85.2 Å². The van der Waals surface area contributed by atoms with Crippen molar-refractivity contribution in [2.45, 2.75) is 13.3 Å². The lowest BCUT2D eigenvalue weighted by atomic mass is 10.2. The SMILES string of the molecule is Cc1cc(OCC(=O)NNC(=O)Cc2cnn(-c3ccccc3)c2)ccc1Cl. The van der Waals surface area contributed by atoms with Crippen molar-refractivity contribution in [2.24, 2.45) is 0 Å². The molecule has 8 heteroatoms. The van der Waals surface area contributed by atoms with Crippen LogP contribution in [0.25, 0.3) is 5.69 Å². The summed E-state index contributed by atoms with van der Waals surface area (Å²) in [5.74, 6) is -0.305. The van der Waals surface area contributed by atoms with Gasteiger partial charge in [0.05, 0.1) is 18.3 Å². The van der Waals surface area contributed by atoms with Crippen molar-refractivity contribution in [3.8, 4) is 11.4 Å². The number of nitrogens with one attached hydrogen (secondary N) is 2. The van der Waals surface area contributed by atoms with E-state index < -0.39 is 5.91 Å². The van der Waals surface area contributed by atoms with Gasteiger partial charge in [0.25, 0.3) is 5.91 Å². The summed E-state index contributed by atoms with van der Waals surface area (Å²) < 4.78 is 7.05. The third kappa shape index (κ3) is 5.34. The van der Waals surface area contributed by atoms with Gasteiger partial charge >= 0.3 is 0 Å². The van der Waals surface area contributed by atoms with E-state index in [0.29, 0.717) is 10.8 Å². The van der Waals surface area contributed by atoms with Crippen LogP contribution in [-0.2, 0) is 16.0 Å². The average molecular weight is 399 g/mol. The van der Waals surface area contributed by atoms with Crippen molar-refractivity contribution in [1.82, 2.24) is 20.6 Å². The highest BCUT2D eigenvalue weighted by molar-refractivity contribution is 6.31. The number of amides is 2. The second-order valence-corrected chi connectivity index (χ2v) is 6.51. The first-order valence-corrected chi connectivity index (χ1v) is 8.94. The number of nitrogens with zero attached hydrogens (tertiary/aromatic N) is 2. The van der Waals surface area contributed by atoms with E-state index in [1.54, 1.807) is 35.3 Å². The van der Waals surface area contributed by atoms with Gasteiger partial charge in [-0.05, 0) is 48.4 Å². The zero-order valence-corrected chi connectivity index (χ0v) is 15.9. The summed E-state index contributed by atoms with van der Waals surface area (Å²) in [6.45, 7) is 1.61. The predicted octanol–water partition coefficient (Wildman–Crippen LogP) is 2.60. The molecule has 3 rings (SSSR count). The first-order chi connectivity index (χ1) is 13.5. The molecule has 0 aliphatic rings. The van der Waals surface area contributed by atoms with Gasteiger partial charge in [-0.1, -0.05) is 29.8 Å². The molecule has 1 aromatic heterocycles. The maximum Gasteiger partial charge on any atom is 0.276 e. The summed E-state index contributed by atoms with van der Waals surface area (Å²) in [6, 6.07) is 14.7. The number of halogens is 1. The fraction of sp³-hybridized carbons (Fsp3) is 0.150. The molecule has 2 amide bonds. The van der Waals surface area contributed by atoms with Crippen LogP contribution in [0, 0.1) is 6.92 Å². The highest BCUT2D eigenvalue weighted by Gasteiger charge is 2.09. The molecular weight excluding hydrogens is 380 g/mol. The Bertz CT molecular complexity index is 973.